The lowest BCUT2D eigenvalue weighted by Crippen LogP contribution is -2.17. The van der Waals surface area contributed by atoms with E-state index < -0.39 is 5.97 Å². The number of fused-ring (bicyclic) bond motifs is 1. The summed E-state index contributed by atoms with van der Waals surface area (Å²) < 4.78 is 2.21. The van der Waals surface area contributed by atoms with Crippen LogP contribution >= 0.6 is 0 Å². The van der Waals surface area contributed by atoms with E-state index in [0.29, 0.717) is 0 Å². The molecule has 0 bridgehead atoms. The molecule has 1 aliphatic rings. The zero-order valence-corrected chi connectivity index (χ0v) is 11.1. The molecule has 4 heteroatoms. The molecule has 0 atom stereocenters. The highest BCUT2D eigenvalue weighted by atomic mass is 16.4. The molecule has 0 saturated heterocycles. The molecule has 100 valence electrons. The molecule has 1 fully saturated rings. The van der Waals surface area contributed by atoms with E-state index in [2.05, 4.69) is 22.5 Å². The fourth-order valence-corrected chi connectivity index (χ4v) is 2.80. The van der Waals surface area contributed by atoms with Crippen molar-refractivity contribution in [3.8, 4) is 0 Å². The molecule has 2 aromatic rings. The monoisotopic (exact) mass is 258 g/mol. The molecule has 0 radical (unpaired) electrons. The molecule has 0 amide bonds. The Labute approximate surface area is 112 Å². The molecular formula is C15H18N2O2. The molecule has 0 aliphatic heterocycles. The van der Waals surface area contributed by atoms with E-state index in [4.69, 9.17) is 5.11 Å². The molecule has 1 saturated carbocycles. The van der Waals surface area contributed by atoms with Crippen LogP contribution in [-0.2, 0) is 17.8 Å². The van der Waals surface area contributed by atoms with Gasteiger partial charge in [0.25, 0.3) is 0 Å². The molecule has 1 aromatic heterocycles. The van der Waals surface area contributed by atoms with Crippen LogP contribution in [0.5, 0.6) is 0 Å². The fraction of sp³-hybridized carbons (Fsp3) is 0.467. The number of carboxylic acids is 1. The second-order valence-corrected chi connectivity index (χ2v) is 5.53. The van der Waals surface area contributed by atoms with Crippen LogP contribution in [0.25, 0.3) is 11.0 Å². The maximum Gasteiger partial charge on any atom is 0.303 e. The van der Waals surface area contributed by atoms with Crippen molar-refractivity contribution in [2.75, 3.05) is 0 Å². The normalized spacial score (nSPS) is 16.7. The minimum atomic E-state index is -0.694. The number of carboxylic acid groups (broad SMARTS) is 1. The number of aliphatic carboxylic acids is 1. The largest absolute Gasteiger partial charge is 0.481 e. The van der Waals surface area contributed by atoms with Crippen molar-refractivity contribution in [2.24, 2.45) is 5.41 Å². The summed E-state index contributed by atoms with van der Waals surface area (Å²) in [6, 6.07) is 8.08. The third-order valence-corrected chi connectivity index (χ3v) is 4.03. The number of para-hydroxylation sites is 2. The van der Waals surface area contributed by atoms with Crippen LogP contribution in [0.1, 0.15) is 32.0 Å². The Balaban J connectivity index is 1.98. The highest BCUT2D eigenvalue weighted by Crippen LogP contribution is 2.50. The van der Waals surface area contributed by atoms with Crippen LogP contribution in [0.3, 0.4) is 0 Å². The predicted octanol–water partition coefficient (Wildman–Crippen LogP) is 2.85. The van der Waals surface area contributed by atoms with Crippen molar-refractivity contribution in [3.05, 3.63) is 30.1 Å². The second-order valence-electron chi connectivity index (χ2n) is 5.53. The van der Waals surface area contributed by atoms with Gasteiger partial charge in [-0.25, -0.2) is 4.98 Å². The quantitative estimate of drug-likeness (QED) is 0.897. The highest BCUT2D eigenvalue weighted by molar-refractivity contribution is 5.76. The smallest absolute Gasteiger partial charge is 0.303 e. The van der Waals surface area contributed by atoms with Gasteiger partial charge in [0, 0.05) is 13.0 Å². The summed E-state index contributed by atoms with van der Waals surface area (Å²) in [7, 11) is 0. The Morgan fingerprint density at radius 1 is 1.42 bits per heavy atom. The van der Waals surface area contributed by atoms with Gasteiger partial charge in [0.2, 0.25) is 0 Å². The number of carbonyl (C=O) groups is 1. The van der Waals surface area contributed by atoms with E-state index in [9.17, 15) is 4.79 Å². The molecule has 1 aromatic carbocycles. The number of rotatable bonds is 5. The fourth-order valence-electron chi connectivity index (χ4n) is 2.80. The van der Waals surface area contributed by atoms with E-state index in [1.165, 1.54) is 0 Å². The van der Waals surface area contributed by atoms with Crippen molar-refractivity contribution in [3.63, 3.8) is 0 Å². The first-order valence-electron chi connectivity index (χ1n) is 6.79. The van der Waals surface area contributed by atoms with Gasteiger partial charge >= 0.3 is 5.97 Å². The van der Waals surface area contributed by atoms with Gasteiger partial charge in [0.15, 0.2) is 0 Å². The van der Waals surface area contributed by atoms with E-state index in [0.717, 1.165) is 42.7 Å². The summed E-state index contributed by atoms with van der Waals surface area (Å²) in [5, 5.41) is 9.03. The molecular weight excluding hydrogens is 240 g/mol. The van der Waals surface area contributed by atoms with E-state index in [1.807, 2.05) is 18.2 Å². The van der Waals surface area contributed by atoms with Crippen molar-refractivity contribution in [1.82, 2.24) is 9.55 Å². The first-order chi connectivity index (χ1) is 9.13. The lowest BCUT2D eigenvalue weighted by Gasteiger charge is -2.16. The maximum absolute atomic E-state index is 11.0. The van der Waals surface area contributed by atoms with Gasteiger partial charge < -0.3 is 9.67 Å². The summed E-state index contributed by atoms with van der Waals surface area (Å²) in [5.41, 5.74) is 2.08. The number of hydrogen-bond donors (Lipinski definition) is 1. The van der Waals surface area contributed by atoms with E-state index in [1.54, 1.807) is 0 Å². The number of benzene rings is 1. The molecule has 4 nitrogen and oxygen atoms in total. The minimum Gasteiger partial charge on any atom is -0.481 e. The maximum atomic E-state index is 11.0. The van der Waals surface area contributed by atoms with E-state index in [-0.39, 0.29) is 11.8 Å². The Kier molecular flexibility index (Phi) is 2.81. The van der Waals surface area contributed by atoms with Crippen LogP contribution in [0, 0.1) is 5.41 Å². The average Bonchev–Trinajstić information content (AvgIpc) is 3.03. The number of imidazole rings is 1. The highest BCUT2D eigenvalue weighted by Gasteiger charge is 2.45. The Morgan fingerprint density at radius 3 is 2.79 bits per heavy atom. The van der Waals surface area contributed by atoms with Crippen LogP contribution in [-0.4, -0.2) is 20.6 Å². The Morgan fingerprint density at radius 2 is 2.16 bits per heavy atom. The van der Waals surface area contributed by atoms with Crippen molar-refractivity contribution < 1.29 is 9.90 Å². The predicted molar refractivity (Wildman–Crippen MR) is 73.0 cm³/mol. The molecule has 19 heavy (non-hydrogen) atoms. The zero-order valence-electron chi connectivity index (χ0n) is 11.1. The van der Waals surface area contributed by atoms with Gasteiger partial charge in [-0.1, -0.05) is 19.1 Å². The van der Waals surface area contributed by atoms with E-state index >= 15 is 0 Å². The lowest BCUT2D eigenvalue weighted by atomic mass is 10.0. The van der Waals surface area contributed by atoms with Crippen LogP contribution in [0.2, 0.25) is 0 Å². The van der Waals surface area contributed by atoms with Crippen LogP contribution in [0.4, 0.5) is 0 Å². The molecule has 3 rings (SSSR count). The van der Waals surface area contributed by atoms with Gasteiger partial charge in [-0.2, -0.15) is 0 Å². The molecule has 0 unspecified atom stereocenters. The molecule has 1 heterocycles. The standard InChI is InChI=1S/C15H18N2O2/c1-2-13-16-11-5-3-4-6-12(11)17(13)10-15(7-8-15)9-14(18)19/h3-6H,2,7-10H2,1H3,(H,18,19). The summed E-state index contributed by atoms with van der Waals surface area (Å²) in [4.78, 5) is 15.6. The van der Waals surface area contributed by atoms with Gasteiger partial charge in [-0.3, -0.25) is 4.79 Å². The van der Waals surface area contributed by atoms with Gasteiger partial charge in [0.05, 0.1) is 17.5 Å². The first kappa shape index (κ1) is 12.2. The number of aryl methyl sites for hydroxylation is 1. The Hall–Kier alpha value is -1.84. The van der Waals surface area contributed by atoms with Crippen LogP contribution < -0.4 is 0 Å². The van der Waals surface area contributed by atoms with Gasteiger partial charge in [-0.05, 0) is 30.4 Å². The molecule has 0 spiro atoms. The summed E-state index contributed by atoms with van der Waals surface area (Å²) in [5.74, 6) is 0.359. The van der Waals surface area contributed by atoms with Crippen LogP contribution in [0.15, 0.2) is 24.3 Å². The summed E-state index contributed by atoms with van der Waals surface area (Å²) >= 11 is 0. The third-order valence-electron chi connectivity index (χ3n) is 4.03. The van der Waals surface area contributed by atoms with Crippen molar-refractivity contribution in [1.29, 1.82) is 0 Å². The van der Waals surface area contributed by atoms with Crippen molar-refractivity contribution in [2.45, 2.75) is 39.2 Å². The molecule has 1 N–H and O–H groups in total. The number of nitrogens with zero attached hydrogens (tertiary/aromatic N) is 2. The zero-order chi connectivity index (χ0) is 13.5. The Bertz CT molecular complexity index is 626. The third kappa shape index (κ3) is 2.23. The summed E-state index contributed by atoms with van der Waals surface area (Å²) in [6.07, 6.45) is 3.16. The molecule has 1 aliphatic carbocycles. The van der Waals surface area contributed by atoms with Crippen molar-refractivity contribution >= 4 is 17.0 Å². The SMILES string of the molecule is CCc1nc2ccccc2n1CC1(CC(=O)O)CC1. The second kappa shape index (κ2) is 4.37. The number of hydrogen-bond acceptors (Lipinski definition) is 2. The first-order valence-corrected chi connectivity index (χ1v) is 6.79. The summed E-state index contributed by atoms with van der Waals surface area (Å²) in [6.45, 7) is 2.87. The average molecular weight is 258 g/mol. The number of aromatic nitrogens is 2. The minimum absolute atomic E-state index is 0.0424. The topological polar surface area (TPSA) is 55.1 Å². The lowest BCUT2D eigenvalue weighted by molar-refractivity contribution is -0.138. The van der Waals surface area contributed by atoms with Gasteiger partial charge in [0.1, 0.15) is 5.82 Å². The van der Waals surface area contributed by atoms with Gasteiger partial charge in [-0.15, -0.1) is 0 Å².